The maximum atomic E-state index is 5.80. The van der Waals surface area contributed by atoms with Gasteiger partial charge in [0.05, 0.1) is 18.4 Å². The zero-order valence-electron chi connectivity index (χ0n) is 11.7. The highest BCUT2D eigenvalue weighted by Gasteiger charge is 2.09. The summed E-state index contributed by atoms with van der Waals surface area (Å²) >= 11 is 0. The Balaban J connectivity index is 1.99. The maximum Gasteiger partial charge on any atom is 0.124 e. The van der Waals surface area contributed by atoms with Gasteiger partial charge in [0.2, 0.25) is 0 Å². The number of rotatable bonds is 6. The number of hydrogen-bond donors (Lipinski definition) is 1. The van der Waals surface area contributed by atoms with Gasteiger partial charge in [-0.3, -0.25) is 0 Å². The van der Waals surface area contributed by atoms with Gasteiger partial charge in [-0.2, -0.15) is 0 Å². The molecule has 0 aliphatic heterocycles. The summed E-state index contributed by atoms with van der Waals surface area (Å²) in [6.45, 7) is 6.92. The fourth-order valence-corrected chi connectivity index (χ4v) is 1.92. The second kappa shape index (κ2) is 6.43. The van der Waals surface area contributed by atoms with Crippen molar-refractivity contribution >= 4 is 0 Å². The molecule has 1 heterocycles. The summed E-state index contributed by atoms with van der Waals surface area (Å²) in [5, 5.41) is 3.44. The largest absolute Gasteiger partial charge is 0.491 e. The summed E-state index contributed by atoms with van der Waals surface area (Å²) in [5.41, 5.74) is 1.16. The predicted octanol–water partition coefficient (Wildman–Crippen LogP) is 3.92. The first-order chi connectivity index (χ1) is 9.16. The Morgan fingerprint density at radius 3 is 2.58 bits per heavy atom. The molecule has 0 aliphatic rings. The van der Waals surface area contributed by atoms with Crippen molar-refractivity contribution in [1.82, 2.24) is 5.32 Å². The van der Waals surface area contributed by atoms with Crippen LogP contribution < -0.4 is 10.1 Å². The molecule has 0 fully saturated rings. The number of nitrogens with one attached hydrogen (secondary N) is 1. The molecule has 0 saturated carbocycles. The lowest BCUT2D eigenvalue weighted by Gasteiger charge is -2.16. The van der Waals surface area contributed by atoms with Gasteiger partial charge in [0, 0.05) is 12.1 Å². The van der Waals surface area contributed by atoms with E-state index in [1.807, 2.05) is 44.2 Å². The van der Waals surface area contributed by atoms with Gasteiger partial charge >= 0.3 is 0 Å². The van der Waals surface area contributed by atoms with Crippen LogP contribution in [-0.4, -0.2) is 6.10 Å². The summed E-state index contributed by atoms with van der Waals surface area (Å²) in [5.74, 6) is 1.89. The summed E-state index contributed by atoms with van der Waals surface area (Å²) in [6, 6.07) is 12.2. The predicted molar refractivity (Wildman–Crippen MR) is 76.2 cm³/mol. The van der Waals surface area contributed by atoms with Crippen molar-refractivity contribution in [3.05, 3.63) is 54.0 Å². The minimum absolute atomic E-state index is 0.183. The molecule has 2 aromatic rings. The summed E-state index contributed by atoms with van der Waals surface area (Å²) in [7, 11) is 0. The highest BCUT2D eigenvalue weighted by atomic mass is 16.5. The van der Waals surface area contributed by atoms with E-state index in [0.717, 1.165) is 23.6 Å². The topological polar surface area (TPSA) is 34.4 Å². The van der Waals surface area contributed by atoms with Crippen LogP contribution in [0.3, 0.4) is 0 Å². The van der Waals surface area contributed by atoms with Gasteiger partial charge in [-0.15, -0.1) is 0 Å². The Labute approximate surface area is 114 Å². The Hall–Kier alpha value is -1.74. The van der Waals surface area contributed by atoms with E-state index in [2.05, 4.69) is 18.3 Å². The number of hydrogen-bond acceptors (Lipinski definition) is 3. The first-order valence-electron chi connectivity index (χ1n) is 6.68. The third-order valence-electron chi connectivity index (χ3n) is 2.90. The first-order valence-corrected chi connectivity index (χ1v) is 6.68. The van der Waals surface area contributed by atoms with Crippen molar-refractivity contribution in [3.63, 3.8) is 0 Å². The number of para-hydroxylation sites is 1. The lowest BCUT2D eigenvalue weighted by molar-refractivity contribution is 0.239. The lowest BCUT2D eigenvalue weighted by Crippen LogP contribution is -2.18. The first kappa shape index (κ1) is 13.7. The van der Waals surface area contributed by atoms with E-state index in [1.54, 1.807) is 6.26 Å². The number of benzene rings is 1. The molecule has 0 spiro atoms. The van der Waals surface area contributed by atoms with Crippen LogP contribution in [0.2, 0.25) is 0 Å². The van der Waals surface area contributed by atoms with Crippen molar-refractivity contribution in [2.24, 2.45) is 0 Å². The van der Waals surface area contributed by atoms with Crippen LogP contribution in [0.15, 0.2) is 47.1 Å². The molecule has 1 atom stereocenters. The van der Waals surface area contributed by atoms with Crippen LogP contribution in [0.5, 0.6) is 5.75 Å². The highest BCUT2D eigenvalue weighted by Crippen LogP contribution is 2.20. The van der Waals surface area contributed by atoms with E-state index in [4.69, 9.17) is 9.15 Å². The molecule has 3 heteroatoms. The van der Waals surface area contributed by atoms with Gasteiger partial charge in [0.15, 0.2) is 0 Å². The van der Waals surface area contributed by atoms with Gasteiger partial charge in [-0.05, 0) is 39.0 Å². The third-order valence-corrected chi connectivity index (χ3v) is 2.90. The van der Waals surface area contributed by atoms with Gasteiger partial charge in [0.1, 0.15) is 11.5 Å². The van der Waals surface area contributed by atoms with E-state index >= 15 is 0 Å². The molecule has 1 aromatic carbocycles. The molecule has 0 saturated heterocycles. The zero-order valence-corrected chi connectivity index (χ0v) is 11.7. The van der Waals surface area contributed by atoms with Crippen molar-refractivity contribution in [1.29, 1.82) is 0 Å². The fourth-order valence-electron chi connectivity index (χ4n) is 1.92. The minimum atomic E-state index is 0.183. The molecule has 1 aromatic heterocycles. The third kappa shape index (κ3) is 3.86. The van der Waals surface area contributed by atoms with E-state index in [9.17, 15) is 0 Å². The smallest absolute Gasteiger partial charge is 0.124 e. The highest BCUT2D eigenvalue weighted by molar-refractivity contribution is 5.33. The Bertz CT molecular complexity index is 491. The van der Waals surface area contributed by atoms with E-state index in [1.165, 1.54) is 0 Å². The minimum Gasteiger partial charge on any atom is -0.491 e. The van der Waals surface area contributed by atoms with E-state index in [-0.39, 0.29) is 12.1 Å². The molecule has 0 amide bonds. The monoisotopic (exact) mass is 259 g/mol. The van der Waals surface area contributed by atoms with Crippen LogP contribution in [-0.2, 0) is 6.54 Å². The SMILES string of the molecule is CC(C)Oc1ccccc1CN[C@H](C)c1ccco1. The molecule has 19 heavy (non-hydrogen) atoms. The molecular weight excluding hydrogens is 238 g/mol. The van der Waals surface area contributed by atoms with Crippen LogP contribution in [0.4, 0.5) is 0 Å². The summed E-state index contributed by atoms with van der Waals surface area (Å²) in [4.78, 5) is 0. The second-order valence-electron chi connectivity index (χ2n) is 4.89. The Morgan fingerprint density at radius 2 is 1.89 bits per heavy atom. The van der Waals surface area contributed by atoms with Crippen LogP contribution in [0, 0.1) is 0 Å². The number of ether oxygens (including phenoxy) is 1. The molecule has 2 rings (SSSR count). The van der Waals surface area contributed by atoms with Gasteiger partial charge in [-0.25, -0.2) is 0 Å². The molecule has 0 bridgehead atoms. The summed E-state index contributed by atoms with van der Waals surface area (Å²) < 4.78 is 11.2. The maximum absolute atomic E-state index is 5.80. The Morgan fingerprint density at radius 1 is 1.11 bits per heavy atom. The summed E-state index contributed by atoms with van der Waals surface area (Å²) in [6.07, 6.45) is 1.88. The van der Waals surface area contributed by atoms with Gasteiger partial charge in [-0.1, -0.05) is 18.2 Å². The van der Waals surface area contributed by atoms with E-state index < -0.39 is 0 Å². The van der Waals surface area contributed by atoms with Crippen molar-refractivity contribution in [2.75, 3.05) is 0 Å². The molecular formula is C16H21NO2. The van der Waals surface area contributed by atoms with Crippen molar-refractivity contribution < 1.29 is 9.15 Å². The van der Waals surface area contributed by atoms with Crippen molar-refractivity contribution in [3.8, 4) is 5.75 Å². The van der Waals surface area contributed by atoms with Crippen molar-refractivity contribution in [2.45, 2.75) is 39.5 Å². The second-order valence-corrected chi connectivity index (χ2v) is 4.89. The van der Waals surface area contributed by atoms with E-state index in [0.29, 0.717) is 0 Å². The average molecular weight is 259 g/mol. The lowest BCUT2D eigenvalue weighted by atomic mass is 10.1. The molecule has 3 nitrogen and oxygen atoms in total. The molecule has 0 unspecified atom stereocenters. The average Bonchev–Trinajstić information content (AvgIpc) is 2.90. The molecule has 1 N–H and O–H groups in total. The van der Waals surface area contributed by atoms with Crippen LogP contribution in [0.25, 0.3) is 0 Å². The molecule has 102 valence electrons. The molecule has 0 radical (unpaired) electrons. The fraction of sp³-hybridized carbons (Fsp3) is 0.375. The Kier molecular flexibility index (Phi) is 4.63. The van der Waals surface area contributed by atoms with Crippen LogP contribution in [0.1, 0.15) is 38.1 Å². The normalized spacial score (nSPS) is 12.6. The quantitative estimate of drug-likeness (QED) is 0.854. The van der Waals surface area contributed by atoms with Gasteiger partial charge < -0.3 is 14.5 Å². The number of furan rings is 1. The van der Waals surface area contributed by atoms with Crippen LogP contribution >= 0.6 is 0 Å². The standard InChI is InChI=1S/C16H21NO2/c1-12(2)19-16-8-5-4-7-14(16)11-17-13(3)15-9-6-10-18-15/h4-10,12-13,17H,11H2,1-3H3/t13-/m1/s1. The zero-order chi connectivity index (χ0) is 13.7. The molecule has 0 aliphatic carbocycles. The van der Waals surface area contributed by atoms with Gasteiger partial charge in [0.25, 0.3) is 0 Å².